The summed E-state index contributed by atoms with van der Waals surface area (Å²) in [5, 5.41) is 14.6. The van der Waals surface area contributed by atoms with Crippen molar-refractivity contribution >= 4 is 23.9 Å². The van der Waals surface area contributed by atoms with E-state index < -0.39 is 4.92 Å². The Kier molecular flexibility index (Phi) is 5.09. The van der Waals surface area contributed by atoms with Gasteiger partial charge in [-0.1, -0.05) is 12.1 Å². The summed E-state index contributed by atoms with van der Waals surface area (Å²) in [5.41, 5.74) is 3.18. The number of hydrogen-bond acceptors (Lipinski definition) is 5. The van der Waals surface area contributed by atoms with E-state index in [1.54, 1.807) is 36.5 Å². The van der Waals surface area contributed by atoms with Crippen LogP contribution in [0, 0.1) is 10.1 Å². The Morgan fingerprint density at radius 1 is 1.27 bits per heavy atom. The van der Waals surface area contributed by atoms with Gasteiger partial charge in [-0.15, -0.1) is 0 Å². The van der Waals surface area contributed by atoms with Gasteiger partial charge in [0.2, 0.25) is 0 Å². The number of nitro benzene ring substituents is 1. The quantitative estimate of drug-likeness (QED) is 0.520. The van der Waals surface area contributed by atoms with Crippen molar-refractivity contribution in [1.29, 1.82) is 0 Å². The van der Waals surface area contributed by atoms with Gasteiger partial charge in [0.05, 0.1) is 16.1 Å². The fourth-order valence-electron chi connectivity index (χ4n) is 1.64. The first-order valence-corrected chi connectivity index (χ1v) is 6.32. The van der Waals surface area contributed by atoms with Crippen molar-refractivity contribution < 1.29 is 9.72 Å². The van der Waals surface area contributed by atoms with E-state index in [4.69, 9.17) is 0 Å². The van der Waals surface area contributed by atoms with Gasteiger partial charge in [-0.3, -0.25) is 19.9 Å². The van der Waals surface area contributed by atoms with Crippen LogP contribution in [0.5, 0.6) is 0 Å². The number of carbonyl (C=O) groups excluding carboxylic acids is 1. The molecule has 0 unspecified atom stereocenters. The molecule has 1 heterocycles. The van der Waals surface area contributed by atoms with E-state index >= 15 is 0 Å². The molecule has 2 aromatic rings. The number of pyridine rings is 1. The molecule has 0 bridgehead atoms. The van der Waals surface area contributed by atoms with E-state index in [1.165, 1.54) is 30.6 Å². The summed E-state index contributed by atoms with van der Waals surface area (Å²) in [6.07, 6.45) is 7.37. The van der Waals surface area contributed by atoms with E-state index in [9.17, 15) is 14.9 Å². The molecular formula is C15H12N4O3. The SMILES string of the molecule is O=C(N/N=C/C=C\c1ccccc1[N+](=O)[O-])c1cccnc1. The average Bonchev–Trinajstić information content (AvgIpc) is 2.55. The number of amides is 1. The topological polar surface area (TPSA) is 97.5 Å². The lowest BCUT2D eigenvalue weighted by Gasteiger charge is -1.97. The minimum atomic E-state index is -0.457. The first-order chi connectivity index (χ1) is 10.7. The predicted octanol–water partition coefficient (Wildman–Crippen LogP) is 2.42. The molecule has 0 spiro atoms. The summed E-state index contributed by atoms with van der Waals surface area (Å²) in [5.74, 6) is -0.386. The van der Waals surface area contributed by atoms with Crippen LogP contribution in [0.15, 0.2) is 60.0 Å². The van der Waals surface area contributed by atoms with Gasteiger partial charge in [-0.2, -0.15) is 5.10 Å². The Labute approximate surface area is 126 Å². The summed E-state index contributed by atoms with van der Waals surface area (Å²) < 4.78 is 0. The smallest absolute Gasteiger partial charge is 0.267 e. The molecule has 22 heavy (non-hydrogen) atoms. The second kappa shape index (κ2) is 7.44. The summed E-state index contributed by atoms with van der Waals surface area (Å²) in [6.45, 7) is 0. The van der Waals surface area contributed by atoms with Crippen LogP contribution >= 0.6 is 0 Å². The third-order valence-electron chi connectivity index (χ3n) is 2.66. The predicted molar refractivity (Wildman–Crippen MR) is 82.3 cm³/mol. The first kappa shape index (κ1) is 15.0. The minimum absolute atomic E-state index is 0.00606. The van der Waals surface area contributed by atoms with E-state index in [2.05, 4.69) is 15.5 Å². The van der Waals surface area contributed by atoms with E-state index in [0.29, 0.717) is 11.1 Å². The number of carbonyl (C=O) groups is 1. The molecule has 0 aliphatic heterocycles. The molecular weight excluding hydrogens is 284 g/mol. The number of aromatic nitrogens is 1. The molecule has 0 aliphatic rings. The Bertz CT molecular complexity index is 727. The van der Waals surface area contributed by atoms with Crippen molar-refractivity contribution in [2.45, 2.75) is 0 Å². The lowest BCUT2D eigenvalue weighted by atomic mass is 10.2. The second-order valence-electron chi connectivity index (χ2n) is 4.14. The van der Waals surface area contributed by atoms with Gasteiger partial charge in [0.15, 0.2) is 0 Å². The molecule has 1 N–H and O–H groups in total. The highest BCUT2D eigenvalue weighted by molar-refractivity contribution is 5.94. The van der Waals surface area contributed by atoms with Crippen molar-refractivity contribution in [3.8, 4) is 0 Å². The standard InChI is InChI=1S/C15H12N4O3/c20-15(13-7-3-9-16-11-13)18-17-10-4-6-12-5-1-2-8-14(12)19(21)22/h1-11H,(H,18,20)/b6-4-,17-10+. The maximum Gasteiger partial charge on any atom is 0.276 e. The zero-order valence-electron chi connectivity index (χ0n) is 11.4. The number of hydrogen-bond donors (Lipinski definition) is 1. The number of rotatable bonds is 5. The Balaban J connectivity index is 1.96. The molecule has 0 atom stereocenters. The van der Waals surface area contributed by atoms with Crippen LogP contribution in [0.3, 0.4) is 0 Å². The number of nitrogens with one attached hydrogen (secondary N) is 1. The molecule has 2 rings (SSSR count). The summed E-state index contributed by atoms with van der Waals surface area (Å²) in [7, 11) is 0. The fraction of sp³-hybridized carbons (Fsp3) is 0. The Hall–Kier alpha value is -3.35. The molecule has 1 aromatic heterocycles. The number of nitro groups is 1. The Morgan fingerprint density at radius 3 is 2.82 bits per heavy atom. The monoisotopic (exact) mass is 296 g/mol. The van der Waals surface area contributed by atoms with E-state index in [0.717, 1.165) is 0 Å². The van der Waals surface area contributed by atoms with Gasteiger partial charge < -0.3 is 0 Å². The van der Waals surface area contributed by atoms with E-state index in [-0.39, 0.29) is 11.6 Å². The van der Waals surface area contributed by atoms with Crippen molar-refractivity contribution in [1.82, 2.24) is 10.4 Å². The molecule has 0 saturated carbocycles. The van der Waals surface area contributed by atoms with Gasteiger partial charge >= 0.3 is 0 Å². The van der Waals surface area contributed by atoms with Crippen LogP contribution < -0.4 is 5.43 Å². The van der Waals surface area contributed by atoms with Gasteiger partial charge in [-0.05, 0) is 30.4 Å². The minimum Gasteiger partial charge on any atom is -0.267 e. The second-order valence-corrected chi connectivity index (χ2v) is 4.14. The molecule has 110 valence electrons. The van der Waals surface area contributed by atoms with Crippen LogP contribution in [-0.4, -0.2) is 22.0 Å². The average molecular weight is 296 g/mol. The molecule has 7 heteroatoms. The van der Waals surface area contributed by atoms with Gasteiger partial charge in [0.1, 0.15) is 0 Å². The highest BCUT2D eigenvalue weighted by atomic mass is 16.6. The lowest BCUT2D eigenvalue weighted by Crippen LogP contribution is -2.17. The summed E-state index contributed by atoms with van der Waals surface area (Å²) in [6, 6.07) is 9.59. The van der Waals surface area contributed by atoms with Crippen LogP contribution in [0.25, 0.3) is 6.08 Å². The normalized spacial score (nSPS) is 10.9. The maximum atomic E-state index is 11.6. The molecule has 7 nitrogen and oxygen atoms in total. The fourth-order valence-corrected chi connectivity index (χ4v) is 1.64. The lowest BCUT2D eigenvalue weighted by molar-refractivity contribution is -0.385. The number of benzene rings is 1. The van der Waals surface area contributed by atoms with Gasteiger partial charge in [0.25, 0.3) is 11.6 Å². The third kappa shape index (κ3) is 4.07. The van der Waals surface area contributed by atoms with Gasteiger partial charge in [-0.25, -0.2) is 5.43 Å². The van der Waals surface area contributed by atoms with Crippen molar-refractivity contribution in [3.05, 3.63) is 76.1 Å². The molecule has 0 fully saturated rings. The summed E-state index contributed by atoms with van der Waals surface area (Å²) >= 11 is 0. The number of allylic oxidation sites excluding steroid dienone is 1. The molecule has 1 aromatic carbocycles. The largest absolute Gasteiger partial charge is 0.276 e. The third-order valence-corrected chi connectivity index (χ3v) is 2.66. The number of nitrogens with zero attached hydrogens (tertiary/aromatic N) is 3. The highest BCUT2D eigenvalue weighted by Crippen LogP contribution is 2.18. The van der Waals surface area contributed by atoms with Gasteiger partial charge in [0, 0.05) is 24.7 Å². The maximum absolute atomic E-state index is 11.6. The van der Waals surface area contributed by atoms with Crippen molar-refractivity contribution in [2.75, 3.05) is 0 Å². The van der Waals surface area contributed by atoms with Crippen molar-refractivity contribution in [3.63, 3.8) is 0 Å². The zero-order valence-corrected chi connectivity index (χ0v) is 11.4. The molecule has 0 radical (unpaired) electrons. The number of para-hydroxylation sites is 1. The first-order valence-electron chi connectivity index (χ1n) is 6.32. The zero-order chi connectivity index (χ0) is 15.8. The Morgan fingerprint density at radius 2 is 2.09 bits per heavy atom. The number of hydrazone groups is 1. The molecule has 0 aliphatic carbocycles. The molecule has 1 amide bonds. The van der Waals surface area contributed by atoms with Crippen molar-refractivity contribution in [2.24, 2.45) is 5.10 Å². The van der Waals surface area contributed by atoms with Crippen LogP contribution in [-0.2, 0) is 0 Å². The molecule has 0 saturated heterocycles. The highest BCUT2D eigenvalue weighted by Gasteiger charge is 2.08. The van der Waals surface area contributed by atoms with Crippen LogP contribution in [0.2, 0.25) is 0 Å². The van der Waals surface area contributed by atoms with Crippen LogP contribution in [0.4, 0.5) is 5.69 Å². The van der Waals surface area contributed by atoms with Crippen LogP contribution in [0.1, 0.15) is 15.9 Å². The van der Waals surface area contributed by atoms with E-state index in [1.807, 2.05) is 0 Å². The summed E-state index contributed by atoms with van der Waals surface area (Å²) in [4.78, 5) is 25.8.